The molecule has 102 valence electrons. The highest BCUT2D eigenvalue weighted by atomic mass is 35.5. The highest BCUT2D eigenvalue weighted by Crippen LogP contribution is 2.30. The van der Waals surface area contributed by atoms with E-state index in [9.17, 15) is 0 Å². The van der Waals surface area contributed by atoms with Gasteiger partial charge in [0.15, 0.2) is 4.34 Å². The van der Waals surface area contributed by atoms with Crippen LogP contribution in [0.1, 0.15) is 5.69 Å². The Bertz CT molecular complexity index is 708. The SMILES string of the molecule is Nc1nnc(SCc2csc(-c3ccc(Cl)cc3)n2)s1. The van der Waals surface area contributed by atoms with E-state index < -0.39 is 0 Å². The normalized spacial score (nSPS) is 10.8. The molecule has 0 aliphatic carbocycles. The Hall–Kier alpha value is -1.15. The predicted molar refractivity (Wildman–Crippen MR) is 86.4 cm³/mol. The second-order valence-corrected chi connectivity index (χ2v) is 7.37. The second-order valence-electron chi connectivity index (χ2n) is 3.85. The summed E-state index contributed by atoms with van der Waals surface area (Å²) in [4.78, 5) is 4.61. The third-order valence-electron chi connectivity index (χ3n) is 2.41. The molecule has 0 fully saturated rings. The predicted octanol–water partition coefficient (Wildman–Crippen LogP) is 4.19. The lowest BCUT2D eigenvalue weighted by Crippen LogP contribution is -1.82. The van der Waals surface area contributed by atoms with Crippen LogP contribution in [0.3, 0.4) is 0 Å². The quantitative estimate of drug-likeness (QED) is 0.721. The summed E-state index contributed by atoms with van der Waals surface area (Å²) < 4.78 is 0.864. The summed E-state index contributed by atoms with van der Waals surface area (Å²) in [5.41, 5.74) is 7.65. The number of halogens is 1. The van der Waals surface area contributed by atoms with Crippen molar-refractivity contribution in [1.29, 1.82) is 0 Å². The lowest BCUT2D eigenvalue weighted by atomic mass is 10.2. The van der Waals surface area contributed by atoms with E-state index in [0.717, 1.165) is 31.4 Å². The van der Waals surface area contributed by atoms with Gasteiger partial charge in [-0.25, -0.2) is 4.98 Å². The van der Waals surface area contributed by atoms with Gasteiger partial charge in [-0.1, -0.05) is 46.8 Å². The zero-order valence-corrected chi connectivity index (χ0v) is 13.3. The zero-order valence-electron chi connectivity index (χ0n) is 10.1. The van der Waals surface area contributed by atoms with E-state index >= 15 is 0 Å². The summed E-state index contributed by atoms with van der Waals surface area (Å²) >= 11 is 10.5. The van der Waals surface area contributed by atoms with Crippen molar-refractivity contribution in [2.24, 2.45) is 0 Å². The van der Waals surface area contributed by atoms with Crippen LogP contribution in [0.5, 0.6) is 0 Å². The Kier molecular flexibility index (Phi) is 4.21. The Labute approximate surface area is 133 Å². The van der Waals surface area contributed by atoms with Crippen LogP contribution in [0.4, 0.5) is 5.13 Å². The molecule has 0 atom stereocenters. The number of thiazole rings is 1. The van der Waals surface area contributed by atoms with Crippen LogP contribution in [0.25, 0.3) is 10.6 Å². The molecular formula is C12H9ClN4S3. The molecule has 0 amide bonds. The van der Waals surface area contributed by atoms with Crippen molar-refractivity contribution in [1.82, 2.24) is 15.2 Å². The van der Waals surface area contributed by atoms with Crippen LogP contribution in [-0.2, 0) is 5.75 Å². The molecule has 4 nitrogen and oxygen atoms in total. The van der Waals surface area contributed by atoms with Gasteiger partial charge in [0.1, 0.15) is 5.01 Å². The average Bonchev–Trinajstić information content (AvgIpc) is 3.06. The first-order chi connectivity index (χ1) is 9.70. The number of thioether (sulfide) groups is 1. The molecule has 0 saturated heterocycles. The Morgan fingerprint density at radius 3 is 2.70 bits per heavy atom. The maximum atomic E-state index is 5.88. The van der Waals surface area contributed by atoms with E-state index in [0.29, 0.717) is 5.13 Å². The molecule has 0 radical (unpaired) electrons. The third-order valence-corrected chi connectivity index (χ3v) is 5.52. The van der Waals surface area contributed by atoms with Gasteiger partial charge in [-0.15, -0.1) is 21.5 Å². The number of nitrogen functional groups attached to an aromatic ring is 1. The van der Waals surface area contributed by atoms with Crippen molar-refractivity contribution in [2.45, 2.75) is 10.1 Å². The fourth-order valence-corrected chi connectivity index (χ4v) is 4.10. The van der Waals surface area contributed by atoms with Crippen molar-refractivity contribution in [2.75, 3.05) is 5.73 Å². The van der Waals surface area contributed by atoms with Crippen LogP contribution in [-0.4, -0.2) is 15.2 Å². The molecule has 2 aromatic heterocycles. The first-order valence-corrected chi connectivity index (χ1v) is 8.69. The molecular weight excluding hydrogens is 332 g/mol. The van der Waals surface area contributed by atoms with Gasteiger partial charge in [0, 0.05) is 21.7 Å². The van der Waals surface area contributed by atoms with Gasteiger partial charge in [-0.3, -0.25) is 0 Å². The standard InChI is InChI=1S/C12H9ClN4S3/c13-8-3-1-7(2-4-8)10-15-9(5-18-10)6-19-12-17-16-11(14)20-12/h1-5H,6H2,(H2,14,16). The number of nitrogens with two attached hydrogens (primary N) is 1. The maximum absolute atomic E-state index is 5.88. The van der Waals surface area contributed by atoms with Crippen LogP contribution in [0.2, 0.25) is 5.02 Å². The topological polar surface area (TPSA) is 64.7 Å². The van der Waals surface area contributed by atoms with Crippen molar-refractivity contribution in [3.8, 4) is 10.6 Å². The summed E-state index contributed by atoms with van der Waals surface area (Å²) in [5, 5.41) is 12.0. The fourth-order valence-electron chi connectivity index (χ4n) is 1.51. The minimum atomic E-state index is 0.493. The second kappa shape index (κ2) is 6.09. The molecule has 2 heterocycles. The van der Waals surface area contributed by atoms with Crippen LogP contribution < -0.4 is 5.73 Å². The summed E-state index contributed by atoms with van der Waals surface area (Å²) in [6.45, 7) is 0. The minimum Gasteiger partial charge on any atom is -0.374 e. The minimum absolute atomic E-state index is 0.493. The van der Waals surface area contributed by atoms with E-state index in [1.165, 1.54) is 11.3 Å². The van der Waals surface area contributed by atoms with Gasteiger partial charge in [0.2, 0.25) is 5.13 Å². The molecule has 0 saturated carbocycles. The van der Waals surface area contributed by atoms with Crippen LogP contribution in [0.15, 0.2) is 34.0 Å². The van der Waals surface area contributed by atoms with Crippen LogP contribution in [0, 0.1) is 0 Å². The Balaban J connectivity index is 1.69. The average molecular weight is 341 g/mol. The summed E-state index contributed by atoms with van der Waals surface area (Å²) in [5.74, 6) is 0.763. The number of nitrogens with zero attached hydrogens (tertiary/aromatic N) is 3. The lowest BCUT2D eigenvalue weighted by Gasteiger charge is -1.96. The summed E-state index contributed by atoms with van der Waals surface area (Å²) in [6, 6.07) is 7.69. The number of rotatable bonds is 4. The maximum Gasteiger partial charge on any atom is 0.203 e. The summed E-state index contributed by atoms with van der Waals surface area (Å²) in [7, 11) is 0. The number of anilines is 1. The van der Waals surface area contributed by atoms with E-state index in [1.807, 2.05) is 24.3 Å². The van der Waals surface area contributed by atoms with E-state index in [1.54, 1.807) is 23.1 Å². The van der Waals surface area contributed by atoms with Gasteiger partial charge in [-0.05, 0) is 12.1 Å². The van der Waals surface area contributed by atoms with E-state index in [2.05, 4.69) is 20.6 Å². The summed E-state index contributed by atoms with van der Waals surface area (Å²) in [6.07, 6.45) is 0. The first-order valence-electron chi connectivity index (χ1n) is 5.63. The molecule has 0 spiro atoms. The number of benzene rings is 1. The molecule has 8 heteroatoms. The monoisotopic (exact) mass is 340 g/mol. The third kappa shape index (κ3) is 3.29. The van der Waals surface area contributed by atoms with Crippen molar-refractivity contribution >= 4 is 51.2 Å². The highest BCUT2D eigenvalue weighted by molar-refractivity contribution is 8.00. The Morgan fingerprint density at radius 2 is 2.00 bits per heavy atom. The molecule has 0 bridgehead atoms. The largest absolute Gasteiger partial charge is 0.374 e. The molecule has 0 unspecified atom stereocenters. The Morgan fingerprint density at radius 1 is 1.20 bits per heavy atom. The first kappa shape index (κ1) is 13.8. The van der Waals surface area contributed by atoms with Crippen molar-refractivity contribution in [3.63, 3.8) is 0 Å². The molecule has 0 aliphatic heterocycles. The lowest BCUT2D eigenvalue weighted by molar-refractivity contribution is 1.02. The number of hydrogen-bond acceptors (Lipinski definition) is 7. The van der Waals surface area contributed by atoms with Gasteiger partial charge in [-0.2, -0.15) is 0 Å². The van der Waals surface area contributed by atoms with Gasteiger partial charge >= 0.3 is 0 Å². The zero-order chi connectivity index (χ0) is 13.9. The molecule has 0 aliphatic rings. The van der Waals surface area contributed by atoms with Gasteiger partial charge in [0.05, 0.1) is 5.69 Å². The smallest absolute Gasteiger partial charge is 0.203 e. The fraction of sp³-hybridized carbons (Fsp3) is 0.0833. The molecule has 20 heavy (non-hydrogen) atoms. The highest BCUT2D eigenvalue weighted by Gasteiger charge is 2.07. The van der Waals surface area contributed by atoms with Crippen molar-refractivity contribution in [3.05, 3.63) is 40.4 Å². The molecule has 2 N–H and O–H groups in total. The molecule has 3 rings (SSSR count). The number of aromatic nitrogens is 3. The van der Waals surface area contributed by atoms with Gasteiger partial charge < -0.3 is 5.73 Å². The molecule has 3 aromatic rings. The van der Waals surface area contributed by atoms with E-state index in [4.69, 9.17) is 17.3 Å². The van der Waals surface area contributed by atoms with E-state index in [-0.39, 0.29) is 0 Å². The van der Waals surface area contributed by atoms with Gasteiger partial charge in [0.25, 0.3) is 0 Å². The van der Waals surface area contributed by atoms with Crippen molar-refractivity contribution < 1.29 is 0 Å². The number of hydrogen-bond donors (Lipinski definition) is 1. The van der Waals surface area contributed by atoms with Crippen LogP contribution >= 0.6 is 46.0 Å². The molecule has 1 aromatic carbocycles.